The fraction of sp³-hybridized carbons (Fsp3) is 0.250. The zero-order valence-electron chi connectivity index (χ0n) is 20.9. The van der Waals surface area contributed by atoms with Crippen LogP contribution in [0.1, 0.15) is 12.5 Å². The van der Waals surface area contributed by atoms with Crippen molar-refractivity contribution in [3.63, 3.8) is 0 Å². The average Bonchev–Trinajstić information content (AvgIpc) is 2.89. The molecule has 1 atom stereocenters. The molecule has 1 aromatic heterocycles. The van der Waals surface area contributed by atoms with Gasteiger partial charge in [-0.2, -0.15) is 0 Å². The van der Waals surface area contributed by atoms with Gasteiger partial charge in [-0.3, -0.25) is 4.79 Å². The van der Waals surface area contributed by atoms with E-state index in [0.717, 1.165) is 16.3 Å². The van der Waals surface area contributed by atoms with Gasteiger partial charge in [0.05, 0.1) is 6.42 Å². The van der Waals surface area contributed by atoms with Crippen LogP contribution in [0.25, 0.3) is 22.0 Å². The Hall–Kier alpha value is -3.92. The van der Waals surface area contributed by atoms with E-state index >= 15 is 0 Å². The third-order valence-electron chi connectivity index (χ3n) is 6.55. The number of piperazine rings is 1. The number of hydrogen-bond donors (Lipinski definition) is 0. The molecule has 1 aliphatic rings. The zero-order chi connectivity index (χ0) is 26.9. The molecule has 0 radical (unpaired) electrons. The van der Waals surface area contributed by atoms with Crippen molar-refractivity contribution in [2.75, 3.05) is 24.5 Å². The predicted octanol–water partition coefficient (Wildman–Crippen LogP) is 6.04. The van der Waals surface area contributed by atoms with Crippen molar-refractivity contribution < 1.29 is 27.1 Å². The summed E-state index contributed by atoms with van der Waals surface area (Å²) >= 11 is 0. The smallest absolute Gasteiger partial charge is 0.406 e. The summed E-state index contributed by atoms with van der Waals surface area (Å²) in [4.78, 5) is 16.9. The molecule has 39 heavy (non-hydrogen) atoms. The molecule has 2 heterocycles. The summed E-state index contributed by atoms with van der Waals surface area (Å²) < 4.78 is 54.5. The number of carbonyl (C=O) groups excluding carboxylic acids is 1. The van der Waals surface area contributed by atoms with Crippen LogP contribution in [0.2, 0.25) is 0 Å². The molecule has 3 aromatic carbocycles. The summed E-state index contributed by atoms with van der Waals surface area (Å²) in [5, 5.41) is 10.8. The Morgan fingerprint density at radius 1 is 0.949 bits per heavy atom. The van der Waals surface area contributed by atoms with E-state index < -0.39 is 6.36 Å². The molecule has 0 N–H and O–H groups in total. The first-order valence-electron chi connectivity index (χ1n) is 12.1. The molecule has 1 fully saturated rings. The highest BCUT2D eigenvalue weighted by Gasteiger charge is 2.31. The van der Waals surface area contributed by atoms with E-state index in [4.69, 9.17) is 0 Å². The van der Waals surface area contributed by atoms with Gasteiger partial charge in [0.25, 0.3) is 0 Å². The minimum Gasteiger partial charge on any atom is -0.406 e. The summed E-state index contributed by atoms with van der Waals surface area (Å²) in [6, 6.07) is 19.1. The van der Waals surface area contributed by atoms with Crippen molar-refractivity contribution in [3.05, 3.63) is 84.2 Å². The van der Waals surface area contributed by atoms with E-state index in [1.54, 1.807) is 17.0 Å². The first kappa shape index (κ1) is 28.1. The maximum atomic E-state index is 13.4. The summed E-state index contributed by atoms with van der Waals surface area (Å²) in [5.74, 6) is -0.0408. The van der Waals surface area contributed by atoms with Gasteiger partial charge in [0.2, 0.25) is 5.91 Å². The largest absolute Gasteiger partial charge is 0.573 e. The molecule has 0 saturated carbocycles. The molecule has 0 spiro atoms. The number of ether oxygens (including phenoxy) is 1. The number of benzene rings is 3. The lowest BCUT2D eigenvalue weighted by Crippen LogP contribution is -2.54. The average molecular weight is 561 g/mol. The Bertz CT molecular complexity index is 1450. The molecule has 204 valence electrons. The van der Waals surface area contributed by atoms with Crippen LogP contribution in [-0.2, 0) is 11.2 Å². The third kappa shape index (κ3) is 6.39. The van der Waals surface area contributed by atoms with Crippen LogP contribution < -0.4 is 9.64 Å². The molecular weight excluding hydrogens is 536 g/mol. The van der Waals surface area contributed by atoms with Crippen molar-refractivity contribution in [2.24, 2.45) is 0 Å². The van der Waals surface area contributed by atoms with Gasteiger partial charge in [0, 0.05) is 42.0 Å². The molecule has 1 amide bonds. The number of alkyl halides is 3. The second-order valence-electron chi connectivity index (χ2n) is 9.18. The normalized spacial score (nSPS) is 15.7. The number of rotatable bonds is 5. The first-order chi connectivity index (χ1) is 18.2. The number of aromatic nitrogens is 2. The van der Waals surface area contributed by atoms with Gasteiger partial charge in [0.1, 0.15) is 17.3 Å². The molecule has 11 heteroatoms. The number of halogens is 5. The van der Waals surface area contributed by atoms with Crippen LogP contribution in [0.3, 0.4) is 0 Å². The number of carbonyl (C=O) groups is 1. The third-order valence-corrected chi connectivity index (χ3v) is 6.55. The standard InChI is InChI=1S/C28H24F4N4O2.ClH/c1-18-17-35(14-15-36(18)25(37)16-19-6-12-22(13-7-19)38-28(30,31)32)27-24-5-3-2-4-23(24)26(33-34-27)20-8-10-21(29)11-9-20;/h2-13,18H,14-17H2,1H3;1H/t18-;/m0./s1. The van der Waals surface area contributed by atoms with Crippen LogP contribution >= 0.6 is 12.4 Å². The van der Waals surface area contributed by atoms with Crippen LogP contribution in [-0.4, -0.2) is 53.0 Å². The number of nitrogens with zero attached hydrogens (tertiary/aromatic N) is 4. The Morgan fingerprint density at radius 2 is 1.62 bits per heavy atom. The number of anilines is 1. The number of fused-ring (bicyclic) bond motifs is 1. The van der Waals surface area contributed by atoms with Gasteiger partial charge in [0.15, 0.2) is 5.82 Å². The maximum absolute atomic E-state index is 13.4. The lowest BCUT2D eigenvalue weighted by atomic mass is 10.0. The molecule has 0 bridgehead atoms. The molecule has 0 aliphatic carbocycles. The van der Waals surface area contributed by atoms with Gasteiger partial charge in [-0.05, 0) is 48.9 Å². The van der Waals surface area contributed by atoms with Gasteiger partial charge in [-0.15, -0.1) is 35.8 Å². The number of hydrogen-bond acceptors (Lipinski definition) is 5. The molecular formula is C28H25ClF4N4O2. The molecule has 6 nitrogen and oxygen atoms in total. The second-order valence-corrected chi connectivity index (χ2v) is 9.18. The molecule has 1 aliphatic heterocycles. The quantitative estimate of drug-likeness (QED) is 0.279. The lowest BCUT2D eigenvalue weighted by molar-refractivity contribution is -0.274. The van der Waals surface area contributed by atoms with Crippen molar-refractivity contribution in [1.29, 1.82) is 0 Å². The van der Waals surface area contributed by atoms with Crippen molar-refractivity contribution in [3.8, 4) is 17.0 Å². The topological polar surface area (TPSA) is 58.6 Å². The number of amides is 1. The molecule has 5 rings (SSSR count). The van der Waals surface area contributed by atoms with Crippen LogP contribution in [0.5, 0.6) is 5.75 Å². The second kappa shape index (κ2) is 11.4. The first-order valence-corrected chi connectivity index (χ1v) is 12.1. The van der Waals surface area contributed by atoms with E-state index in [9.17, 15) is 22.4 Å². The molecule has 0 unspecified atom stereocenters. The van der Waals surface area contributed by atoms with Gasteiger partial charge in [-0.1, -0.05) is 36.4 Å². The Morgan fingerprint density at radius 3 is 2.26 bits per heavy atom. The Balaban J connectivity index is 0.00000353. The van der Waals surface area contributed by atoms with E-state index in [0.29, 0.717) is 36.7 Å². The summed E-state index contributed by atoms with van der Waals surface area (Å²) in [5.41, 5.74) is 2.04. The Labute approximate surface area is 228 Å². The summed E-state index contributed by atoms with van der Waals surface area (Å²) in [6.07, 6.45) is -4.69. The SMILES string of the molecule is C[C@H]1CN(c2nnc(-c3ccc(F)cc3)c3ccccc23)CCN1C(=O)Cc1ccc(OC(F)(F)F)cc1.Cl. The summed E-state index contributed by atoms with van der Waals surface area (Å²) in [6.45, 7) is 3.50. The van der Waals surface area contributed by atoms with Crippen LogP contribution in [0, 0.1) is 5.82 Å². The molecule has 1 saturated heterocycles. The fourth-order valence-corrected chi connectivity index (χ4v) is 4.75. The monoisotopic (exact) mass is 560 g/mol. The van der Waals surface area contributed by atoms with Crippen molar-refractivity contribution in [1.82, 2.24) is 15.1 Å². The highest BCUT2D eigenvalue weighted by atomic mass is 35.5. The van der Waals surface area contributed by atoms with Gasteiger partial charge >= 0.3 is 6.36 Å². The Kier molecular flexibility index (Phi) is 8.25. The van der Waals surface area contributed by atoms with Crippen LogP contribution in [0.4, 0.5) is 23.4 Å². The van der Waals surface area contributed by atoms with Crippen molar-refractivity contribution in [2.45, 2.75) is 25.7 Å². The van der Waals surface area contributed by atoms with E-state index in [1.807, 2.05) is 31.2 Å². The highest BCUT2D eigenvalue weighted by Crippen LogP contribution is 2.32. The maximum Gasteiger partial charge on any atom is 0.573 e. The fourth-order valence-electron chi connectivity index (χ4n) is 4.75. The van der Waals surface area contributed by atoms with Crippen molar-refractivity contribution >= 4 is 34.9 Å². The summed E-state index contributed by atoms with van der Waals surface area (Å²) in [7, 11) is 0. The van der Waals surface area contributed by atoms with Crippen LogP contribution in [0.15, 0.2) is 72.8 Å². The zero-order valence-corrected chi connectivity index (χ0v) is 21.7. The minimum atomic E-state index is -4.76. The minimum absolute atomic E-state index is 0. The lowest BCUT2D eigenvalue weighted by Gasteiger charge is -2.40. The van der Waals surface area contributed by atoms with Gasteiger partial charge in [-0.25, -0.2) is 4.39 Å². The van der Waals surface area contributed by atoms with E-state index in [1.165, 1.54) is 36.4 Å². The van der Waals surface area contributed by atoms with Gasteiger partial charge < -0.3 is 14.5 Å². The van der Waals surface area contributed by atoms with E-state index in [2.05, 4.69) is 19.8 Å². The highest BCUT2D eigenvalue weighted by molar-refractivity contribution is 6.00. The van der Waals surface area contributed by atoms with E-state index in [-0.39, 0.29) is 42.3 Å². The molecule has 4 aromatic rings. The predicted molar refractivity (Wildman–Crippen MR) is 142 cm³/mol.